The minimum Gasteiger partial charge on any atom is -0.391 e. The zero-order valence-electron chi connectivity index (χ0n) is 12.1. The molecule has 3 N–H and O–H groups in total. The van der Waals surface area contributed by atoms with Crippen LogP contribution in [0.15, 0.2) is 0 Å². The second kappa shape index (κ2) is 8.12. The summed E-state index contributed by atoms with van der Waals surface area (Å²) in [4.78, 5) is 0. The van der Waals surface area contributed by atoms with Gasteiger partial charge in [-0.3, -0.25) is 0 Å². The van der Waals surface area contributed by atoms with Crippen LogP contribution in [0.4, 0.5) is 0 Å². The van der Waals surface area contributed by atoms with Gasteiger partial charge in [0.15, 0.2) is 0 Å². The third kappa shape index (κ3) is 8.89. The normalized spacial score (nSPS) is 16.2. The van der Waals surface area contributed by atoms with E-state index in [2.05, 4.69) is 0 Å². The Morgan fingerprint density at radius 3 is 1.94 bits per heavy atom. The van der Waals surface area contributed by atoms with Gasteiger partial charge in [-0.25, -0.2) is 8.42 Å². The molecule has 110 valence electrons. The molecule has 0 saturated heterocycles. The molecule has 0 rings (SSSR count). The fourth-order valence-corrected chi connectivity index (χ4v) is 3.37. The molecule has 0 saturated carbocycles. The van der Waals surface area contributed by atoms with Crippen LogP contribution in [0.25, 0.3) is 0 Å². The summed E-state index contributed by atoms with van der Waals surface area (Å²) in [6.07, 6.45) is 0.916. The molecule has 0 aromatic rings. The van der Waals surface area contributed by atoms with E-state index in [0.717, 1.165) is 0 Å². The topological polar surface area (TPSA) is 80.4 Å². The summed E-state index contributed by atoms with van der Waals surface area (Å²) in [7, 11) is -3.05. The maximum absolute atomic E-state index is 11.7. The predicted octanol–water partition coefficient (Wildman–Crippen LogP) is 1.57. The van der Waals surface area contributed by atoms with Gasteiger partial charge in [0.25, 0.3) is 0 Å². The molecule has 0 aromatic carbocycles. The molecule has 4 nitrogen and oxygen atoms in total. The van der Waals surface area contributed by atoms with E-state index in [0.29, 0.717) is 24.7 Å². The number of aliphatic hydroxyl groups is 1. The second-order valence-electron chi connectivity index (χ2n) is 5.98. The van der Waals surface area contributed by atoms with Gasteiger partial charge in [0, 0.05) is 6.04 Å². The maximum Gasteiger partial charge on any atom is 0.150 e. The first-order chi connectivity index (χ1) is 8.14. The van der Waals surface area contributed by atoms with E-state index < -0.39 is 15.9 Å². The highest BCUT2D eigenvalue weighted by Crippen LogP contribution is 2.11. The Labute approximate surface area is 112 Å². The fourth-order valence-electron chi connectivity index (χ4n) is 1.73. The zero-order valence-corrected chi connectivity index (χ0v) is 12.9. The lowest BCUT2D eigenvalue weighted by molar-refractivity contribution is 0.131. The van der Waals surface area contributed by atoms with Gasteiger partial charge >= 0.3 is 0 Å². The van der Waals surface area contributed by atoms with Gasteiger partial charge < -0.3 is 10.8 Å². The largest absolute Gasteiger partial charge is 0.391 e. The van der Waals surface area contributed by atoms with E-state index in [1.165, 1.54) is 0 Å². The molecule has 0 radical (unpaired) electrons. The minimum absolute atomic E-state index is 0.0344. The lowest BCUT2D eigenvalue weighted by Gasteiger charge is -2.20. The summed E-state index contributed by atoms with van der Waals surface area (Å²) in [5, 5.41) is 9.82. The lowest BCUT2D eigenvalue weighted by atomic mass is 9.99. The summed E-state index contributed by atoms with van der Waals surface area (Å²) >= 11 is 0. The van der Waals surface area contributed by atoms with Crippen molar-refractivity contribution in [2.75, 3.05) is 11.5 Å². The Kier molecular flexibility index (Phi) is 8.06. The molecular formula is C13H29NO3S. The molecule has 0 spiro atoms. The van der Waals surface area contributed by atoms with Crippen LogP contribution in [0, 0.1) is 11.8 Å². The van der Waals surface area contributed by atoms with Crippen LogP contribution in [-0.4, -0.2) is 37.2 Å². The molecule has 2 unspecified atom stereocenters. The van der Waals surface area contributed by atoms with Crippen LogP contribution >= 0.6 is 0 Å². The van der Waals surface area contributed by atoms with Crippen molar-refractivity contribution in [1.29, 1.82) is 0 Å². The van der Waals surface area contributed by atoms with Gasteiger partial charge in [0.2, 0.25) is 0 Å². The molecule has 2 atom stereocenters. The van der Waals surface area contributed by atoms with E-state index in [-0.39, 0.29) is 24.0 Å². The van der Waals surface area contributed by atoms with E-state index in [1.807, 2.05) is 27.7 Å². The summed E-state index contributed by atoms with van der Waals surface area (Å²) in [5.41, 5.74) is 5.82. The Balaban J connectivity index is 4.07. The summed E-state index contributed by atoms with van der Waals surface area (Å²) < 4.78 is 23.5. The minimum atomic E-state index is -3.05. The van der Waals surface area contributed by atoms with Crippen molar-refractivity contribution in [2.45, 2.75) is 59.1 Å². The number of sulfone groups is 1. The molecule has 0 fully saturated rings. The molecular weight excluding hydrogens is 250 g/mol. The van der Waals surface area contributed by atoms with Crippen molar-refractivity contribution >= 4 is 9.84 Å². The molecule has 0 aliphatic carbocycles. The fraction of sp³-hybridized carbons (Fsp3) is 1.00. The first-order valence-electron chi connectivity index (χ1n) is 6.78. The van der Waals surface area contributed by atoms with Crippen molar-refractivity contribution in [1.82, 2.24) is 0 Å². The van der Waals surface area contributed by atoms with Gasteiger partial charge in [-0.2, -0.15) is 0 Å². The summed E-state index contributed by atoms with van der Waals surface area (Å²) in [6.45, 7) is 8.07. The van der Waals surface area contributed by atoms with Crippen molar-refractivity contribution < 1.29 is 13.5 Å². The molecule has 5 heteroatoms. The van der Waals surface area contributed by atoms with Crippen LogP contribution < -0.4 is 5.73 Å². The number of hydrogen-bond acceptors (Lipinski definition) is 4. The van der Waals surface area contributed by atoms with E-state index >= 15 is 0 Å². The van der Waals surface area contributed by atoms with Crippen LogP contribution in [0.3, 0.4) is 0 Å². The molecule has 0 heterocycles. The number of hydrogen-bond donors (Lipinski definition) is 2. The standard InChI is InChI=1S/C13H29NO3S/c1-10(2)5-7-18(16,17)8-6-13(15)12(14)9-11(3)4/h10-13,15H,5-9,14H2,1-4H3. The Hall–Kier alpha value is -0.130. The average molecular weight is 279 g/mol. The van der Waals surface area contributed by atoms with Gasteiger partial charge in [-0.05, 0) is 31.1 Å². The van der Waals surface area contributed by atoms with Gasteiger partial charge in [0.05, 0.1) is 17.6 Å². The van der Waals surface area contributed by atoms with Crippen molar-refractivity contribution in [3.63, 3.8) is 0 Å². The van der Waals surface area contributed by atoms with Crippen LogP contribution in [-0.2, 0) is 9.84 Å². The highest BCUT2D eigenvalue weighted by Gasteiger charge is 2.19. The molecule has 0 aliphatic rings. The van der Waals surface area contributed by atoms with Crippen molar-refractivity contribution in [3.05, 3.63) is 0 Å². The average Bonchev–Trinajstić information content (AvgIpc) is 2.22. The van der Waals surface area contributed by atoms with E-state index in [9.17, 15) is 13.5 Å². The summed E-state index contributed by atoms with van der Waals surface area (Å²) in [6, 6.07) is -0.328. The lowest BCUT2D eigenvalue weighted by Crippen LogP contribution is -2.37. The molecule has 18 heavy (non-hydrogen) atoms. The third-order valence-corrected chi connectivity index (χ3v) is 4.68. The third-order valence-electron chi connectivity index (χ3n) is 2.97. The van der Waals surface area contributed by atoms with Gasteiger partial charge in [0.1, 0.15) is 9.84 Å². The predicted molar refractivity (Wildman–Crippen MR) is 76.2 cm³/mol. The van der Waals surface area contributed by atoms with Crippen molar-refractivity contribution in [2.24, 2.45) is 17.6 Å². The molecule has 0 bridgehead atoms. The second-order valence-corrected chi connectivity index (χ2v) is 8.29. The van der Waals surface area contributed by atoms with Crippen LogP contribution in [0.2, 0.25) is 0 Å². The molecule has 0 aliphatic heterocycles. The molecule has 0 aromatic heterocycles. The number of nitrogens with two attached hydrogens (primary N) is 1. The van der Waals surface area contributed by atoms with Gasteiger partial charge in [-0.1, -0.05) is 27.7 Å². The molecule has 0 amide bonds. The smallest absolute Gasteiger partial charge is 0.150 e. The highest BCUT2D eigenvalue weighted by molar-refractivity contribution is 7.91. The van der Waals surface area contributed by atoms with Crippen molar-refractivity contribution in [3.8, 4) is 0 Å². The zero-order chi connectivity index (χ0) is 14.3. The Morgan fingerprint density at radius 2 is 1.50 bits per heavy atom. The van der Waals surface area contributed by atoms with E-state index in [1.54, 1.807) is 0 Å². The quantitative estimate of drug-likeness (QED) is 0.671. The van der Waals surface area contributed by atoms with Crippen LogP contribution in [0.1, 0.15) is 47.0 Å². The first-order valence-corrected chi connectivity index (χ1v) is 8.60. The SMILES string of the molecule is CC(C)CCS(=O)(=O)CCC(O)C(N)CC(C)C. The first kappa shape index (κ1) is 17.9. The Morgan fingerprint density at radius 1 is 1.00 bits per heavy atom. The van der Waals surface area contributed by atoms with E-state index in [4.69, 9.17) is 5.73 Å². The number of aliphatic hydroxyl groups excluding tert-OH is 1. The summed E-state index contributed by atoms with van der Waals surface area (Å²) in [5.74, 6) is 1.03. The monoisotopic (exact) mass is 279 g/mol. The highest BCUT2D eigenvalue weighted by atomic mass is 32.2. The van der Waals surface area contributed by atoms with Gasteiger partial charge in [-0.15, -0.1) is 0 Å². The Bertz CT molecular complexity index is 312. The maximum atomic E-state index is 11.7. The van der Waals surface area contributed by atoms with Crippen LogP contribution in [0.5, 0.6) is 0 Å². The number of rotatable bonds is 9.